The van der Waals surface area contributed by atoms with Gasteiger partial charge < -0.3 is 28.8 Å². The van der Waals surface area contributed by atoms with Gasteiger partial charge in [-0.05, 0) is 115 Å². The lowest BCUT2D eigenvalue weighted by molar-refractivity contribution is -0.114. The number of oxazole rings is 1. The van der Waals surface area contributed by atoms with Crippen LogP contribution in [0.3, 0.4) is 0 Å². The first-order valence-corrected chi connectivity index (χ1v) is 27.1. The Labute approximate surface area is 472 Å². The molecule has 4 aromatic heterocycles. The molecule has 2 amide bonds. The highest BCUT2D eigenvalue weighted by molar-refractivity contribution is 7.09. The second-order valence-electron chi connectivity index (χ2n) is 18.0. The number of morpholine rings is 2. The van der Waals surface area contributed by atoms with E-state index in [1.807, 2.05) is 143 Å². The zero-order valence-electron chi connectivity index (χ0n) is 45.7. The molecular weight excluding hydrogens is 1040 g/mol. The monoisotopic (exact) mass is 1110 g/mol. The molecule has 1 N–H and O–H groups in total. The average Bonchev–Trinajstić information content (AvgIpc) is 4.15. The van der Waals surface area contributed by atoms with Crippen LogP contribution in [0.25, 0.3) is 21.9 Å². The summed E-state index contributed by atoms with van der Waals surface area (Å²) in [7, 11) is 0. The summed E-state index contributed by atoms with van der Waals surface area (Å²) in [6.45, 7) is 23.4. The van der Waals surface area contributed by atoms with Gasteiger partial charge in [-0.3, -0.25) is 29.4 Å². The van der Waals surface area contributed by atoms with E-state index >= 15 is 0 Å². The number of halogens is 2. The third-order valence-electron chi connectivity index (χ3n) is 11.3. The lowest BCUT2D eigenvalue weighted by Gasteiger charge is -2.26. The van der Waals surface area contributed by atoms with Gasteiger partial charge in [-0.25, -0.2) is 9.97 Å². The lowest BCUT2D eigenvalue weighted by atomic mass is 10.1. The number of nitrogens with zero attached hydrogens (tertiary/aromatic N) is 7. The van der Waals surface area contributed by atoms with Crippen molar-refractivity contribution in [2.75, 3.05) is 71.1 Å². The van der Waals surface area contributed by atoms with Crippen molar-refractivity contribution >= 4 is 74.0 Å². The molecule has 0 bridgehead atoms. The standard InChI is InChI=1S/C13H19NO2.C12H15NO2.C10H9N.C9H9Cl2NO.C9H8N2.C4H5NO.C4H5NS/c1-12-2-4-13(5-3-12)16-11-8-14-6-9-15-10-7-14;1-10-2-4-11(5-3-10)12(14)13-6-8-15-9-7-13;1-8-6-7-9-4-2-3-5-10(9)11-8;1-5-3-7(10)9(8(11)4-5)12-6(2)13;1-7-6-10-8-4-2-3-5-9(8)11-7;2*1-4-2-5-3-6-4/h2-5H,6-11H2,1H3;2-5H,6-9H2,1H3;2-7H,1H3;3-4H,1-2H3,(H,12,13);2-6H,1H3;2*2-3H,1H3. The maximum absolute atomic E-state index is 12.0. The highest BCUT2D eigenvalue weighted by Crippen LogP contribution is 2.31. The van der Waals surface area contributed by atoms with E-state index in [9.17, 15) is 9.59 Å². The van der Waals surface area contributed by atoms with E-state index < -0.39 is 0 Å². The minimum Gasteiger partial charge on any atom is -0.492 e. The normalized spacial score (nSPS) is 12.6. The molecule has 2 fully saturated rings. The third kappa shape index (κ3) is 23.2. The number of carbonyl (C=O) groups is 2. The van der Waals surface area contributed by atoms with E-state index in [4.69, 9.17) is 41.8 Å². The number of aromatic nitrogens is 5. The Bertz CT molecular complexity index is 3020. The Morgan fingerprint density at radius 1 is 0.641 bits per heavy atom. The maximum Gasteiger partial charge on any atom is 0.254 e. The molecule has 2 aliphatic rings. The molecule has 5 aromatic carbocycles. The van der Waals surface area contributed by atoms with E-state index in [1.165, 1.54) is 34.7 Å². The molecule has 17 heteroatoms. The molecule has 2 saturated heterocycles. The van der Waals surface area contributed by atoms with Crippen LogP contribution in [0.5, 0.6) is 5.75 Å². The number of thiazole rings is 1. The molecule has 11 rings (SSSR count). The molecule has 0 saturated carbocycles. The summed E-state index contributed by atoms with van der Waals surface area (Å²) in [5.41, 5.74) is 11.5. The number of amides is 2. The van der Waals surface area contributed by atoms with Crippen molar-refractivity contribution < 1.29 is 28.2 Å². The largest absolute Gasteiger partial charge is 0.492 e. The lowest BCUT2D eigenvalue weighted by Crippen LogP contribution is -2.40. The van der Waals surface area contributed by atoms with E-state index in [0.29, 0.717) is 42.0 Å². The highest BCUT2D eigenvalue weighted by Gasteiger charge is 2.18. The molecule has 0 spiro atoms. The summed E-state index contributed by atoms with van der Waals surface area (Å²) < 4.78 is 20.9. The predicted octanol–water partition coefficient (Wildman–Crippen LogP) is 13.3. The molecule has 2 aliphatic heterocycles. The molecule has 0 radical (unpaired) electrons. The van der Waals surface area contributed by atoms with Crippen molar-refractivity contribution in [3.05, 3.63) is 206 Å². The van der Waals surface area contributed by atoms with Crippen LogP contribution in [0.1, 0.15) is 56.0 Å². The number of aryl methyl sites for hydroxylation is 7. The van der Waals surface area contributed by atoms with Crippen molar-refractivity contribution in [3.8, 4) is 5.75 Å². The number of fused-ring (bicyclic) bond motifs is 2. The van der Waals surface area contributed by atoms with Crippen LogP contribution >= 0.6 is 34.5 Å². The predicted molar refractivity (Wildman–Crippen MR) is 316 cm³/mol. The van der Waals surface area contributed by atoms with Gasteiger partial charge in [0.05, 0.1) is 76.1 Å². The van der Waals surface area contributed by atoms with Crippen LogP contribution < -0.4 is 10.1 Å². The second-order valence-corrected chi connectivity index (χ2v) is 19.9. The molecule has 9 aromatic rings. The molecule has 0 atom stereocenters. The van der Waals surface area contributed by atoms with Gasteiger partial charge in [0.25, 0.3) is 5.91 Å². The molecule has 78 heavy (non-hydrogen) atoms. The Hall–Kier alpha value is -7.11. The minimum absolute atomic E-state index is 0.110. The molecule has 14 nitrogen and oxygen atoms in total. The number of pyridine rings is 1. The molecule has 410 valence electrons. The summed E-state index contributed by atoms with van der Waals surface area (Å²) in [6.07, 6.45) is 6.71. The van der Waals surface area contributed by atoms with Gasteiger partial charge in [0.1, 0.15) is 18.1 Å². The number of nitrogens with one attached hydrogen (secondary N) is 1. The topological polar surface area (TPSA) is 158 Å². The van der Waals surface area contributed by atoms with Gasteiger partial charge in [0.15, 0.2) is 6.39 Å². The van der Waals surface area contributed by atoms with Crippen LogP contribution in [0.2, 0.25) is 10.0 Å². The van der Waals surface area contributed by atoms with Crippen molar-refractivity contribution in [2.45, 2.75) is 55.4 Å². The summed E-state index contributed by atoms with van der Waals surface area (Å²) >= 11 is 13.4. The number of hydrogen-bond acceptors (Lipinski definition) is 13. The number of ether oxygens (including phenoxy) is 3. The first kappa shape index (κ1) is 61.7. The smallest absolute Gasteiger partial charge is 0.254 e. The van der Waals surface area contributed by atoms with E-state index in [0.717, 1.165) is 90.0 Å². The van der Waals surface area contributed by atoms with Crippen molar-refractivity contribution in [3.63, 3.8) is 0 Å². The van der Waals surface area contributed by atoms with Gasteiger partial charge in [0, 0.05) is 73.6 Å². The summed E-state index contributed by atoms with van der Waals surface area (Å²) in [6, 6.07) is 39.5. The van der Waals surface area contributed by atoms with E-state index in [2.05, 4.69) is 66.3 Å². The van der Waals surface area contributed by atoms with Gasteiger partial charge in [-0.15, -0.1) is 11.3 Å². The summed E-state index contributed by atoms with van der Waals surface area (Å²) in [5.74, 6) is 1.74. The fraction of sp³-hybridized carbons (Fsp3) is 0.295. The Morgan fingerprint density at radius 3 is 1.78 bits per heavy atom. The molecule has 0 unspecified atom stereocenters. The van der Waals surface area contributed by atoms with Gasteiger partial charge in [0.2, 0.25) is 5.91 Å². The molecular formula is C61H70Cl2N8O6S. The Balaban J connectivity index is 0.000000171. The number of benzene rings is 5. The Morgan fingerprint density at radius 2 is 1.23 bits per heavy atom. The zero-order chi connectivity index (χ0) is 56.1. The molecule has 6 heterocycles. The highest BCUT2D eigenvalue weighted by atomic mass is 35.5. The van der Waals surface area contributed by atoms with Gasteiger partial charge >= 0.3 is 0 Å². The van der Waals surface area contributed by atoms with E-state index in [1.54, 1.807) is 35.9 Å². The average molecular weight is 1110 g/mol. The molecule has 0 aliphatic carbocycles. The van der Waals surface area contributed by atoms with Crippen molar-refractivity contribution in [1.29, 1.82) is 0 Å². The van der Waals surface area contributed by atoms with E-state index in [-0.39, 0.29) is 11.8 Å². The Kier molecular flexibility index (Phi) is 26.8. The summed E-state index contributed by atoms with van der Waals surface area (Å²) in [4.78, 5) is 48.6. The number of anilines is 1. The van der Waals surface area contributed by atoms with Gasteiger partial charge in [-0.1, -0.05) is 95.0 Å². The van der Waals surface area contributed by atoms with Crippen molar-refractivity contribution in [2.24, 2.45) is 0 Å². The zero-order valence-corrected chi connectivity index (χ0v) is 48.1. The summed E-state index contributed by atoms with van der Waals surface area (Å²) in [5, 5.41) is 4.69. The van der Waals surface area contributed by atoms with Crippen LogP contribution in [-0.2, 0) is 14.3 Å². The second kappa shape index (κ2) is 33.9. The van der Waals surface area contributed by atoms with Gasteiger partial charge in [-0.2, -0.15) is 0 Å². The fourth-order valence-corrected chi connectivity index (χ4v) is 8.27. The quantitative estimate of drug-likeness (QED) is 0.168. The number of rotatable bonds is 6. The van der Waals surface area contributed by atoms with Crippen LogP contribution in [0.4, 0.5) is 5.69 Å². The number of para-hydroxylation sites is 3. The first-order valence-electron chi connectivity index (χ1n) is 25.5. The van der Waals surface area contributed by atoms with Crippen LogP contribution in [-0.4, -0.2) is 112 Å². The minimum atomic E-state index is -0.187. The first-order chi connectivity index (χ1) is 37.6. The van der Waals surface area contributed by atoms with Crippen LogP contribution in [0.15, 0.2) is 156 Å². The SMILES string of the molecule is CC(=O)Nc1c(Cl)cc(C)cc1Cl.Cc1ccc(C(=O)N2CCOCC2)cc1.Cc1ccc(OCCN2CCOCC2)cc1.Cc1ccc2ccccc2n1.Cc1cnc2ccccc2n1.Cc1cnco1.Cc1cncs1. The number of carbonyl (C=O) groups excluding carboxylic acids is 2. The number of hydrogen-bond donors (Lipinski definition) is 1. The van der Waals surface area contributed by atoms with Crippen molar-refractivity contribution in [1.82, 2.24) is 34.7 Å². The maximum atomic E-state index is 12.0. The third-order valence-corrected chi connectivity index (χ3v) is 12.6. The van der Waals surface area contributed by atoms with Crippen LogP contribution in [0, 0.1) is 48.5 Å². The fourth-order valence-electron chi connectivity index (χ4n) is 7.17.